The molecule has 3 atom stereocenters. The molecule has 1 fully saturated rings. The lowest BCUT2D eigenvalue weighted by Gasteiger charge is -2.22. The highest BCUT2D eigenvalue weighted by atomic mass is 19.1. The molecule has 1 N–H and O–H groups in total. The molecule has 1 aliphatic heterocycles. The van der Waals surface area contributed by atoms with Crippen molar-refractivity contribution in [2.24, 2.45) is 0 Å². The van der Waals surface area contributed by atoms with Gasteiger partial charge in [0.05, 0.1) is 6.10 Å². The summed E-state index contributed by atoms with van der Waals surface area (Å²) in [6, 6.07) is 7.26. The number of nitrogens with one attached hydrogen (secondary N) is 1. The molecule has 1 aliphatic rings. The molecule has 0 radical (unpaired) electrons. The summed E-state index contributed by atoms with van der Waals surface area (Å²) < 4.78 is 19.0. The van der Waals surface area contributed by atoms with Crippen molar-refractivity contribution in [3.05, 3.63) is 35.6 Å². The Hall–Kier alpha value is -0.930. The second kappa shape index (κ2) is 4.93. The Morgan fingerprint density at radius 2 is 2.19 bits per heavy atom. The van der Waals surface area contributed by atoms with Gasteiger partial charge in [-0.25, -0.2) is 4.39 Å². The van der Waals surface area contributed by atoms with E-state index in [0.717, 1.165) is 18.6 Å². The number of hydrogen-bond acceptors (Lipinski definition) is 2. The van der Waals surface area contributed by atoms with E-state index in [-0.39, 0.29) is 18.0 Å². The Bertz CT molecular complexity index is 356. The zero-order chi connectivity index (χ0) is 11.5. The van der Waals surface area contributed by atoms with Crippen molar-refractivity contribution in [3.8, 4) is 0 Å². The normalized spacial score (nSPS) is 26.9. The molecule has 1 aromatic carbocycles. The van der Waals surface area contributed by atoms with Gasteiger partial charge in [0.1, 0.15) is 5.82 Å². The fraction of sp³-hybridized carbons (Fsp3) is 0.538. The van der Waals surface area contributed by atoms with Crippen LogP contribution in [0.2, 0.25) is 0 Å². The van der Waals surface area contributed by atoms with Crippen LogP contribution in [0.4, 0.5) is 4.39 Å². The molecule has 0 spiro atoms. The number of ether oxygens (including phenoxy) is 1. The molecule has 0 saturated carbocycles. The Kier molecular flexibility index (Phi) is 3.56. The van der Waals surface area contributed by atoms with Gasteiger partial charge in [0.15, 0.2) is 0 Å². The molecule has 88 valence electrons. The minimum Gasteiger partial charge on any atom is -0.377 e. The number of hydrogen-bond donors (Lipinski definition) is 1. The summed E-state index contributed by atoms with van der Waals surface area (Å²) in [5, 5.41) is 3.42. The predicted octanol–water partition coefficient (Wildman–Crippen LogP) is 2.65. The van der Waals surface area contributed by atoms with Gasteiger partial charge in [0.2, 0.25) is 0 Å². The van der Waals surface area contributed by atoms with Gasteiger partial charge < -0.3 is 10.1 Å². The summed E-state index contributed by atoms with van der Waals surface area (Å²) in [4.78, 5) is 0. The minimum absolute atomic E-state index is 0.0235. The smallest absolute Gasteiger partial charge is 0.127 e. The molecule has 3 unspecified atom stereocenters. The van der Waals surface area contributed by atoms with E-state index in [1.165, 1.54) is 6.07 Å². The van der Waals surface area contributed by atoms with E-state index in [2.05, 4.69) is 12.2 Å². The molecule has 16 heavy (non-hydrogen) atoms. The Labute approximate surface area is 95.8 Å². The first-order valence-electron chi connectivity index (χ1n) is 5.80. The molecule has 0 amide bonds. The SMILES string of the molecule is CC(NC1CCOC1C)c1ccccc1F. The van der Waals surface area contributed by atoms with E-state index in [1.54, 1.807) is 6.07 Å². The molecule has 3 heteroatoms. The highest BCUT2D eigenvalue weighted by Gasteiger charge is 2.26. The van der Waals surface area contributed by atoms with Crippen LogP contribution in [0.15, 0.2) is 24.3 Å². The molecular weight excluding hydrogens is 205 g/mol. The Morgan fingerprint density at radius 3 is 2.81 bits per heavy atom. The third kappa shape index (κ3) is 2.42. The van der Waals surface area contributed by atoms with Crippen LogP contribution in [0.5, 0.6) is 0 Å². The lowest BCUT2D eigenvalue weighted by molar-refractivity contribution is 0.111. The van der Waals surface area contributed by atoms with Crippen LogP contribution in [-0.4, -0.2) is 18.8 Å². The second-order valence-corrected chi connectivity index (χ2v) is 4.38. The van der Waals surface area contributed by atoms with Crippen LogP contribution in [-0.2, 0) is 4.74 Å². The van der Waals surface area contributed by atoms with Crippen LogP contribution in [0.25, 0.3) is 0 Å². The molecule has 2 nitrogen and oxygen atoms in total. The van der Waals surface area contributed by atoms with E-state index in [0.29, 0.717) is 6.04 Å². The van der Waals surface area contributed by atoms with Gasteiger partial charge >= 0.3 is 0 Å². The Balaban J connectivity index is 2.03. The van der Waals surface area contributed by atoms with E-state index in [1.807, 2.05) is 19.1 Å². The molecule has 0 bridgehead atoms. The Morgan fingerprint density at radius 1 is 1.44 bits per heavy atom. The van der Waals surface area contributed by atoms with Crippen molar-refractivity contribution < 1.29 is 9.13 Å². The van der Waals surface area contributed by atoms with Gasteiger partial charge in [0, 0.05) is 24.3 Å². The van der Waals surface area contributed by atoms with Crippen molar-refractivity contribution in [2.75, 3.05) is 6.61 Å². The maximum absolute atomic E-state index is 13.5. The lowest BCUT2D eigenvalue weighted by Crippen LogP contribution is -2.36. The maximum atomic E-state index is 13.5. The highest BCUT2D eigenvalue weighted by Crippen LogP contribution is 2.20. The number of rotatable bonds is 3. The van der Waals surface area contributed by atoms with Crippen molar-refractivity contribution in [1.29, 1.82) is 0 Å². The summed E-state index contributed by atoms with van der Waals surface area (Å²) in [5.74, 6) is -0.144. The fourth-order valence-corrected chi connectivity index (χ4v) is 2.19. The maximum Gasteiger partial charge on any atom is 0.127 e. The standard InChI is InChI=1S/C13H18FNO/c1-9(11-5-3-4-6-12(11)14)15-13-7-8-16-10(13)2/h3-6,9-10,13,15H,7-8H2,1-2H3. The molecule has 1 aromatic rings. The topological polar surface area (TPSA) is 21.3 Å². The predicted molar refractivity (Wildman–Crippen MR) is 61.8 cm³/mol. The zero-order valence-corrected chi connectivity index (χ0v) is 9.74. The molecule has 2 rings (SSSR count). The summed E-state index contributed by atoms with van der Waals surface area (Å²) >= 11 is 0. The lowest BCUT2D eigenvalue weighted by atomic mass is 10.0. The first-order valence-corrected chi connectivity index (χ1v) is 5.80. The summed E-state index contributed by atoms with van der Waals surface area (Å²) in [5.41, 5.74) is 0.724. The van der Waals surface area contributed by atoms with Gasteiger partial charge in [-0.2, -0.15) is 0 Å². The molecule has 1 saturated heterocycles. The van der Waals surface area contributed by atoms with Crippen LogP contribution >= 0.6 is 0 Å². The second-order valence-electron chi connectivity index (χ2n) is 4.38. The first kappa shape index (κ1) is 11.6. The fourth-order valence-electron chi connectivity index (χ4n) is 2.19. The van der Waals surface area contributed by atoms with E-state index >= 15 is 0 Å². The molecule has 0 aliphatic carbocycles. The van der Waals surface area contributed by atoms with Crippen LogP contribution in [0, 0.1) is 5.82 Å². The monoisotopic (exact) mass is 223 g/mol. The van der Waals surface area contributed by atoms with Crippen LogP contribution in [0.3, 0.4) is 0 Å². The molecular formula is C13H18FNO. The van der Waals surface area contributed by atoms with Gasteiger partial charge in [-0.1, -0.05) is 18.2 Å². The van der Waals surface area contributed by atoms with Gasteiger partial charge in [0.25, 0.3) is 0 Å². The average molecular weight is 223 g/mol. The summed E-state index contributed by atoms with van der Waals surface area (Å²) in [6.45, 7) is 4.84. The van der Waals surface area contributed by atoms with E-state index in [9.17, 15) is 4.39 Å². The third-order valence-electron chi connectivity index (χ3n) is 3.21. The summed E-state index contributed by atoms with van der Waals surface area (Å²) in [7, 11) is 0. The molecule has 1 heterocycles. The van der Waals surface area contributed by atoms with Gasteiger partial charge in [-0.3, -0.25) is 0 Å². The van der Waals surface area contributed by atoms with Gasteiger partial charge in [-0.05, 0) is 26.3 Å². The zero-order valence-electron chi connectivity index (χ0n) is 9.74. The largest absolute Gasteiger partial charge is 0.377 e. The van der Waals surface area contributed by atoms with E-state index in [4.69, 9.17) is 4.74 Å². The quantitative estimate of drug-likeness (QED) is 0.850. The number of halogens is 1. The average Bonchev–Trinajstić information content (AvgIpc) is 2.65. The van der Waals surface area contributed by atoms with Crippen molar-refractivity contribution in [3.63, 3.8) is 0 Å². The first-order chi connectivity index (χ1) is 7.68. The van der Waals surface area contributed by atoms with Crippen molar-refractivity contribution in [1.82, 2.24) is 5.32 Å². The van der Waals surface area contributed by atoms with E-state index < -0.39 is 0 Å². The highest BCUT2D eigenvalue weighted by molar-refractivity contribution is 5.20. The van der Waals surface area contributed by atoms with Gasteiger partial charge in [-0.15, -0.1) is 0 Å². The van der Waals surface area contributed by atoms with Crippen LogP contribution < -0.4 is 5.32 Å². The summed E-state index contributed by atoms with van der Waals surface area (Å²) in [6.07, 6.45) is 1.22. The molecule has 0 aromatic heterocycles. The number of benzene rings is 1. The third-order valence-corrected chi connectivity index (χ3v) is 3.21. The van der Waals surface area contributed by atoms with Crippen LogP contribution in [0.1, 0.15) is 31.9 Å². The van der Waals surface area contributed by atoms with Crippen molar-refractivity contribution in [2.45, 2.75) is 38.5 Å². The minimum atomic E-state index is -0.144. The van der Waals surface area contributed by atoms with Crippen molar-refractivity contribution >= 4 is 0 Å².